The van der Waals surface area contributed by atoms with Crippen molar-refractivity contribution in [1.82, 2.24) is 4.98 Å². The van der Waals surface area contributed by atoms with Gasteiger partial charge in [0.1, 0.15) is 17.6 Å². The Hall–Kier alpha value is -2.18. The Morgan fingerprint density at radius 3 is 2.74 bits per heavy atom. The molecule has 0 aliphatic carbocycles. The zero-order valence-electron chi connectivity index (χ0n) is 10.9. The summed E-state index contributed by atoms with van der Waals surface area (Å²) in [5.41, 5.74) is -0.851. The summed E-state index contributed by atoms with van der Waals surface area (Å²) in [5.74, 6) is -0.982. The molecule has 0 amide bonds. The molecule has 1 rings (SSSR count). The van der Waals surface area contributed by atoms with Gasteiger partial charge in [0.05, 0.1) is 4.92 Å². The molecular formula is C12H17N3O4. The largest absolute Gasteiger partial charge is 0.477 e. The molecule has 0 bridgehead atoms. The Morgan fingerprint density at radius 1 is 1.58 bits per heavy atom. The van der Waals surface area contributed by atoms with Gasteiger partial charge in [0.15, 0.2) is 0 Å². The third kappa shape index (κ3) is 3.90. The number of carboxylic acid groups (broad SMARTS) is 1. The van der Waals surface area contributed by atoms with Crippen LogP contribution in [0.3, 0.4) is 0 Å². The van der Waals surface area contributed by atoms with Crippen LogP contribution < -0.4 is 5.32 Å². The van der Waals surface area contributed by atoms with Gasteiger partial charge < -0.3 is 10.4 Å². The molecule has 0 aliphatic heterocycles. The van der Waals surface area contributed by atoms with Crippen LogP contribution in [0.15, 0.2) is 12.3 Å². The molecule has 104 valence electrons. The van der Waals surface area contributed by atoms with Crippen LogP contribution in [0, 0.1) is 10.1 Å². The average molecular weight is 267 g/mol. The predicted molar refractivity (Wildman–Crippen MR) is 70.5 cm³/mol. The molecule has 0 fully saturated rings. The Bertz CT molecular complexity index is 476. The van der Waals surface area contributed by atoms with E-state index in [1.54, 1.807) is 0 Å². The first-order chi connectivity index (χ1) is 8.99. The van der Waals surface area contributed by atoms with Crippen molar-refractivity contribution >= 4 is 17.5 Å². The van der Waals surface area contributed by atoms with Gasteiger partial charge in [0.2, 0.25) is 0 Å². The summed E-state index contributed by atoms with van der Waals surface area (Å²) in [5, 5.41) is 22.8. The molecule has 0 saturated carbocycles. The second kappa shape index (κ2) is 6.67. The first-order valence-electron chi connectivity index (χ1n) is 6.13. The SMILES string of the molecule is CCCC(CC)Nc1cc(C(=O)O)c([N+](=O)[O-])cn1. The first kappa shape index (κ1) is 14.9. The number of nitrogens with one attached hydrogen (secondary N) is 1. The van der Waals surface area contributed by atoms with Crippen LogP contribution in [0.5, 0.6) is 0 Å². The number of nitro groups is 1. The van der Waals surface area contributed by atoms with E-state index in [2.05, 4.69) is 17.2 Å². The van der Waals surface area contributed by atoms with E-state index < -0.39 is 16.6 Å². The zero-order valence-corrected chi connectivity index (χ0v) is 10.9. The number of hydrogen-bond acceptors (Lipinski definition) is 5. The molecule has 0 aromatic carbocycles. The number of hydrogen-bond donors (Lipinski definition) is 2. The highest BCUT2D eigenvalue weighted by molar-refractivity contribution is 5.93. The molecule has 0 aliphatic rings. The Kier molecular flexibility index (Phi) is 5.23. The van der Waals surface area contributed by atoms with Gasteiger partial charge in [-0.15, -0.1) is 0 Å². The Balaban J connectivity index is 3.01. The van der Waals surface area contributed by atoms with E-state index in [1.807, 2.05) is 6.92 Å². The molecular weight excluding hydrogens is 250 g/mol. The molecule has 7 heteroatoms. The molecule has 1 heterocycles. The molecule has 2 N–H and O–H groups in total. The summed E-state index contributed by atoms with van der Waals surface area (Å²) in [7, 11) is 0. The van der Waals surface area contributed by atoms with E-state index in [0.717, 1.165) is 25.5 Å². The minimum atomic E-state index is -1.33. The number of carboxylic acids is 1. The quantitative estimate of drug-likeness (QED) is 0.581. The van der Waals surface area contributed by atoms with Gasteiger partial charge in [-0.2, -0.15) is 0 Å². The van der Waals surface area contributed by atoms with Gasteiger partial charge in [-0.3, -0.25) is 10.1 Å². The molecule has 0 saturated heterocycles. The van der Waals surface area contributed by atoms with E-state index in [0.29, 0.717) is 5.82 Å². The number of carbonyl (C=O) groups is 1. The summed E-state index contributed by atoms with van der Waals surface area (Å²) < 4.78 is 0. The highest BCUT2D eigenvalue weighted by Crippen LogP contribution is 2.21. The third-order valence-electron chi connectivity index (χ3n) is 2.79. The van der Waals surface area contributed by atoms with Crippen molar-refractivity contribution in [3.05, 3.63) is 27.9 Å². The molecule has 7 nitrogen and oxygen atoms in total. The van der Waals surface area contributed by atoms with Crippen molar-refractivity contribution in [2.45, 2.75) is 39.2 Å². The van der Waals surface area contributed by atoms with Crippen LogP contribution in [0.1, 0.15) is 43.5 Å². The van der Waals surface area contributed by atoms with E-state index in [-0.39, 0.29) is 11.6 Å². The van der Waals surface area contributed by atoms with Crippen LogP contribution in [0.25, 0.3) is 0 Å². The molecule has 1 unspecified atom stereocenters. The number of aromatic carboxylic acids is 1. The molecule has 1 aromatic heterocycles. The van der Waals surface area contributed by atoms with Gasteiger partial charge >= 0.3 is 11.7 Å². The van der Waals surface area contributed by atoms with E-state index in [4.69, 9.17) is 5.11 Å². The lowest BCUT2D eigenvalue weighted by atomic mass is 10.1. The second-order valence-corrected chi connectivity index (χ2v) is 4.19. The van der Waals surface area contributed by atoms with Crippen molar-refractivity contribution in [3.63, 3.8) is 0 Å². The lowest BCUT2D eigenvalue weighted by molar-refractivity contribution is -0.385. The normalized spacial score (nSPS) is 11.9. The van der Waals surface area contributed by atoms with Gasteiger partial charge in [0.25, 0.3) is 0 Å². The van der Waals surface area contributed by atoms with Crippen molar-refractivity contribution in [2.24, 2.45) is 0 Å². The standard InChI is InChI=1S/C12H17N3O4/c1-3-5-8(4-2)14-11-6-9(12(16)17)10(7-13-11)15(18)19/h6-8H,3-5H2,1-2H3,(H,13,14)(H,16,17). The second-order valence-electron chi connectivity index (χ2n) is 4.19. The lowest BCUT2D eigenvalue weighted by Crippen LogP contribution is -2.19. The fourth-order valence-corrected chi connectivity index (χ4v) is 1.78. The number of aromatic nitrogens is 1. The van der Waals surface area contributed by atoms with Gasteiger partial charge in [-0.05, 0) is 12.8 Å². The molecule has 0 radical (unpaired) electrons. The lowest BCUT2D eigenvalue weighted by Gasteiger charge is -2.16. The van der Waals surface area contributed by atoms with Crippen molar-refractivity contribution in [3.8, 4) is 0 Å². The molecule has 1 aromatic rings. The molecule has 1 atom stereocenters. The van der Waals surface area contributed by atoms with E-state index >= 15 is 0 Å². The highest BCUT2D eigenvalue weighted by atomic mass is 16.6. The average Bonchev–Trinajstić information content (AvgIpc) is 2.37. The number of rotatable bonds is 7. The van der Waals surface area contributed by atoms with Crippen LogP contribution in [-0.2, 0) is 0 Å². The van der Waals surface area contributed by atoms with Crippen LogP contribution >= 0.6 is 0 Å². The summed E-state index contributed by atoms with van der Waals surface area (Å²) in [6.45, 7) is 4.06. The Morgan fingerprint density at radius 2 is 2.26 bits per heavy atom. The van der Waals surface area contributed by atoms with Gasteiger partial charge in [0, 0.05) is 12.1 Å². The maximum Gasteiger partial charge on any atom is 0.342 e. The van der Waals surface area contributed by atoms with Crippen LogP contribution in [0.4, 0.5) is 11.5 Å². The first-order valence-corrected chi connectivity index (χ1v) is 6.13. The summed E-state index contributed by atoms with van der Waals surface area (Å²) in [6, 6.07) is 1.39. The zero-order chi connectivity index (χ0) is 14.4. The maximum absolute atomic E-state index is 11.0. The fraction of sp³-hybridized carbons (Fsp3) is 0.500. The van der Waals surface area contributed by atoms with Crippen LogP contribution in [-0.4, -0.2) is 27.0 Å². The number of pyridine rings is 1. The maximum atomic E-state index is 11.0. The highest BCUT2D eigenvalue weighted by Gasteiger charge is 2.21. The van der Waals surface area contributed by atoms with Gasteiger partial charge in [-0.1, -0.05) is 20.3 Å². The third-order valence-corrected chi connectivity index (χ3v) is 2.79. The summed E-state index contributed by atoms with van der Waals surface area (Å²) in [4.78, 5) is 24.9. The topological polar surface area (TPSA) is 105 Å². The molecule has 19 heavy (non-hydrogen) atoms. The van der Waals surface area contributed by atoms with Crippen molar-refractivity contribution < 1.29 is 14.8 Å². The summed E-state index contributed by atoms with van der Waals surface area (Å²) >= 11 is 0. The minimum Gasteiger partial charge on any atom is -0.477 e. The van der Waals surface area contributed by atoms with E-state index in [9.17, 15) is 14.9 Å². The van der Waals surface area contributed by atoms with E-state index in [1.165, 1.54) is 6.07 Å². The monoisotopic (exact) mass is 267 g/mol. The number of anilines is 1. The molecule has 0 spiro atoms. The fourth-order valence-electron chi connectivity index (χ4n) is 1.78. The van der Waals surface area contributed by atoms with Gasteiger partial charge in [-0.25, -0.2) is 9.78 Å². The predicted octanol–water partition coefficient (Wildman–Crippen LogP) is 2.68. The van der Waals surface area contributed by atoms with Crippen molar-refractivity contribution in [2.75, 3.05) is 5.32 Å². The smallest absolute Gasteiger partial charge is 0.342 e. The number of nitrogens with zero attached hydrogens (tertiary/aromatic N) is 2. The minimum absolute atomic E-state index is 0.181. The van der Waals surface area contributed by atoms with Crippen LogP contribution in [0.2, 0.25) is 0 Å². The summed E-state index contributed by atoms with van der Waals surface area (Å²) in [6.07, 6.45) is 3.77. The Labute approximate surface area is 110 Å². The van der Waals surface area contributed by atoms with Crippen molar-refractivity contribution in [1.29, 1.82) is 0 Å².